The predicted molar refractivity (Wildman–Crippen MR) is 143 cm³/mol. The lowest BCUT2D eigenvalue weighted by molar-refractivity contribution is -0.124. The highest BCUT2D eigenvalue weighted by molar-refractivity contribution is 6.02. The Labute approximate surface area is 217 Å². The minimum atomic E-state index is -1.04. The summed E-state index contributed by atoms with van der Waals surface area (Å²) in [6.07, 6.45) is 6.10. The number of nitrogens with zero attached hydrogens (tertiary/aromatic N) is 1. The molecule has 0 unspecified atom stereocenters. The molecule has 0 radical (unpaired) electrons. The molecule has 8 heteroatoms. The SMILES string of the molecule is C#CCOc1ccc2ccccc2c1/C=N\NC(=O)[C@H](COCc1ccccc1)NC(=O)OC(C)(C)C. The molecule has 1 atom stereocenters. The van der Waals surface area contributed by atoms with E-state index in [1.807, 2.05) is 60.7 Å². The van der Waals surface area contributed by atoms with Crippen molar-refractivity contribution in [1.82, 2.24) is 10.7 Å². The van der Waals surface area contributed by atoms with E-state index in [-0.39, 0.29) is 19.8 Å². The van der Waals surface area contributed by atoms with Crippen molar-refractivity contribution >= 4 is 29.0 Å². The average molecular weight is 502 g/mol. The summed E-state index contributed by atoms with van der Waals surface area (Å²) < 4.78 is 16.7. The van der Waals surface area contributed by atoms with Crippen LogP contribution in [0.25, 0.3) is 10.8 Å². The zero-order valence-corrected chi connectivity index (χ0v) is 21.2. The third-order valence-electron chi connectivity index (χ3n) is 5.01. The zero-order chi connectivity index (χ0) is 26.7. The van der Waals surface area contributed by atoms with Crippen molar-refractivity contribution < 1.29 is 23.8 Å². The van der Waals surface area contributed by atoms with E-state index in [2.05, 4.69) is 21.8 Å². The van der Waals surface area contributed by atoms with Gasteiger partial charge in [-0.3, -0.25) is 4.79 Å². The summed E-state index contributed by atoms with van der Waals surface area (Å²) in [6.45, 7) is 5.49. The lowest BCUT2D eigenvalue weighted by Gasteiger charge is -2.22. The molecule has 0 aromatic heterocycles. The lowest BCUT2D eigenvalue weighted by atomic mass is 10.0. The molecule has 3 aromatic carbocycles. The van der Waals surface area contributed by atoms with Gasteiger partial charge in [0.2, 0.25) is 0 Å². The number of hydrazone groups is 1. The number of benzene rings is 3. The molecule has 3 rings (SSSR count). The van der Waals surface area contributed by atoms with E-state index in [0.29, 0.717) is 11.3 Å². The molecule has 0 spiro atoms. The van der Waals surface area contributed by atoms with Gasteiger partial charge in [0.1, 0.15) is 24.0 Å². The highest BCUT2D eigenvalue weighted by Gasteiger charge is 2.24. The smallest absolute Gasteiger partial charge is 0.408 e. The molecular weight excluding hydrogens is 470 g/mol. The van der Waals surface area contributed by atoms with E-state index in [1.165, 1.54) is 6.21 Å². The number of alkyl carbamates (subject to hydrolysis) is 1. The fourth-order valence-electron chi connectivity index (χ4n) is 3.39. The first-order chi connectivity index (χ1) is 17.8. The Morgan fingerprint density at radius 2 is 1.78 bits per heavy atom. The number of fused-ring (bicyclic) bond motifs is 1. The molecule has 0 saturated heterocycles. The van der Waals surface area contributed by atoms with Crippen LogP contribution in [0.15, 0.2) is 71.8 Å². The second-order valence-electron chi connectivity index (χ2n) is 9.13. The molecule has 37 heavy (non-hydrogen) atoms. The molecule has 0 heterocycles. The van der Waals surface area contributed by atoms with Gasteiger partial charge < -0.3 is 19.5 Å². The monoisotopic (exact) mass is 501 g/mol. The van der Waals surface area contributed by atoms with Crippen molar-refractivity contribution in [1.29, 1.82) is 0 Å². The Morgan fingerprint density at radius 1 is 1.05 bits per heavy atom. The molecule has 0 bridgehead atoms. The molecular formula is C29H31N3O5. The third kappa shape index (κ3) is 8.67. The van der Waals surface area contributed by atoms with Gasteiger partial charge in [0.25, 0.3) is 5.91 Å². The Hall–Kier alpha value is -4.35. The number of carbonyl (C=O) groups excluding carboxylic acids is 2. The Balaban J connectivity index is 1.73. The van der Waals surface area contributed by atoms with Gasteiger partial charge in [-0.15, -0.1) is 6.42 Å². The van der Waals surface area contributed by atoms with Crippen LogP contribution in [-0.4, -0.2) is 43.1 Å². The summed E-state index contributed by atoms with van der Waals surface area (Å²) in [5.74, 6) is 2.41. The van der Waals surface area contributed by atoms with Crippen LogP contribution in [0.3, 0.4) is 0 Å². The van der Waals surface area contributed by atoms with Crippen LogP contribution in [-0.2, 0) is 20.9 Å². The fraction of sp³-hybridized carbons (Fsp3) is 0.276. The molecule has 0 aliphatic heterocycles. The topological polar surface area (TPSA) is 98.3 Å². The Bertz CT molecular complexity index is 1280. The molecule has 192 valence electrons. The standard InChI is InChI=1S/C29H31N3O5/c1-5-17-36-26-16-15-22-13-9-10-14-23(22)24(26)18-30-32-27(33)25(31-28(34)37-29(2,3)4)20-35-19-21-11-7-6-8-12-21/h1,6-16,18,25H,17,19-20H2,2-4H3,(H,31,34)(H,32,33)/b30-18-/t25-/m0/s1. The van der Waals surface area contributed by atoms with Gasteiger partial charge in [-0.25, -0.2) is 10.2 Å². The third-order valence-corrected chi connectivity index (χ3v) is 5.01. The van der Waals surface area contributed by atoms with E-state index in [0.717, 1.165) is 16.3 Å². The first-order valence-electron chi connectivity index (χ1n) is 11.8. The summed E-state index contributed by atoms with van der Waals surface area (Å²) in [7, 11) is 0. The number of rotatable bonds is 10. The minimum absolute atomic E-state index is 0.0830. The van der Waals surface area contributed by atoms with Crippen LogP contribution in [0.2, 0.25) is 0 Å². The second-order valence-corrected chi connectivity index (χ2v) is 9.13. The van der Waals surface area contributed by atoms with Gasteiger partial charge in [-0.05, 0) is 43.2 Å². The molecule has 2 amide bonds. The summed E-state index contributed by atoms with van der Waals surface area (Å²) in [5, 5.41) is 8.54. The molecule has 3 aromatic rings. The first-order valence-corrected chi connectivity index (χ1v) is 11.8. The van der Waals surface area contributed by atoms with E-state index in [4.69, 9.17) is 20.6 Å². The summed E-state index contributed by atoms with van der Waals surface area (Å²) >= 11 is 0. The quantitative estimate of drug-likeness (QED) is 0.244. The fourth-order valence-corrected chi connectivity index (χ4v) is 3.39. The van der Waals surface area contributed by atoms with Gasteiger partial charge in [-0.1, -0.05) is 66.6 Å². The summed E-state index contributed by atoms with van der Waals surface area (Å²) in [4.78, 5) is 25.3. The van der Waals surface area contributed by atoms with Crippen LogP contribution < -0.4 is 15.5 Å². The first kappa shape index (κ1) is 27.2. The summed E-state index contributed by atoms with van der Waals surface area (Å²) in [5.41, 5.74) is 3.35. The molecule has 8 nitrogen and oxygen atoms in total. The van der Waals surface area contributed by atoms with Crippen molar-refractivity contribution in [2.24, 2.45) is 5.10 Å². The van der Waals surface area contributed by atoms with Crippen LogP contribution in [0, 0.1) is 12.3 Å². The largest absolute Gasteiger partial charge is 0.480 e. The van der Waals surface area contributed by atoms with Crippen molar-refractivity contribution in [3.8, 4) is 18.1 Å². The minimum Gasteiger partial charge on any atom is -0.480 e. The van der Waals surface area contributed by atoms with Gasteiger partial charge in [0.05, 0.1) is 19.4 Å². The number of hydrogen-bond acceptors (Lipinski definition) is 6. The van der Waals surface area contributed by atoms with Gasteiger partial charge in [-0.2, -0.15) is 5.10 Å². The Kier molecular flexibility index (Phi) is 9.64. The highest BCUT2D eigenvalue weighted by atomic mass is 16.6. The lowest BCUT2D eigenvalue weighted by Crippen LogP contribution is -2.49. The number of terminal acetylenes is 1. The number of carbonyl (C=O) groups is 2. The van der Waals surface area contributed by atoms with E-state index < -0.39 is 23.6 Å². The van der Waals surface area contributed by atoms with E-state index in [1.54, 1.807) is 26.8 Å². The van der Waals surface area contributed by atoms with Gasteiger partial charge in [0, 0.05) is 5.56 Å². The molecule has 0 aliphatic rings. The summed E-state index contributed by atoms with van der Waals surface area (Å²) in [6, 6.07) is 19.9. The van der Waals surface area contributed by atoms with Crippen molar-refractivity contribution in [2.45, 2.75) is 39.0 Å². The number of nitrogens with one attached hydrogen (secondary N) is 2. The van der Waals surface area contributed by atoms with Crippen molar-refractivity contribution in [2.75, 3.05) is 13.2 Å². The maximum atomic E-state index is 13.0. The van der Waals surface area contributed by atoms with Crippen molar-refractivity contribution in [3.05, 3.63) is 77.9 Å². The Morgan fingerprint density at radius 3 is 2.51 bits per heavy atom. The van der Waals surface area contributed by atoms with Crippen LogP contribution in [0.1, 0.15) is 31.9 Å². The number of amides is 2. The van der Waals surface area contributed by atoms with Gasteiger partial charge in [0.15, 0.2) is 0 Å². The molecule has 0 fully saturated rings. The molecule has 2 N–H and O–H groups in total. The van der Waals surface area contributed by atoms with E-state index in [9.17, 15) is 9.59 Å². The van der Waals surface area contributed by atoms with Crippen molar-refractivity contribution in [3.63, 3.8) is 0 Å². The maximum absolute atomic E-state index is 13.0. The van der Waals surface area contributed by atoms with Gasteiger partial charge >= 0.3 is 6.09 Å². The van der Waals surface area contributed by atoms with Crippen LogP contribution in [0.5, 0.6) is 5.75 Å². The average Bonchev–Trinajstić information content (AvgIpc) is 2.87. The zero-order valence-electron chi connectivity index (χ0n) is 21.2. The molecule has 0 saturated carbocycles. The maximum Gasteiger partial charge on any atom is 0.408 e. The normalized spacial score (nSPS) is 12.1. The predicted octanol–water partition coefficient (Wildman–Crippen LogP) is 4.41. The van der Waals surface area contributed by atoms with Crippen LogP contribution in [0.4, 0.5) is 4.79 Å². The molecule has 0 aliphatic carbocycles. The number of hydrogen-bond donors (Lipinski definition) is 2. The van der Waals surface area contributed by atoms with E-state index >= 15 is 0 Å². The highest BCUT2D eigenvalue weighted by Crippen LogP contribution is 2.26. The second kappa shape index (κ2) is 13.1. The number of ether oxygens (including phenoxy) is 3. The van der Waals surface area contributed by atoms with Crippen LogP contribution >= 0.6 is 0 Å².